The van der Waals surface area contributed by atoms with Crippen LogP contribution >= 0.6 is 0 Å². The van der Waals surface area contributed by atoms with Crippen LogP contribution in [0.15, 0.2) is 6.20 Å². The fourth-order valence-electron chi connectivity index (χ4n) is 0.994. The van der Waals surface area contributed by atoms with Gasteiger partial charge >= 0.3 is 5.97 Å². The van der Waals surface area contributed by atoms with Crippen molar-refractivity contribution in [3.63, 3.8) is 0 Å². The third-order valence-corrected chi connectivity index (χ3v) is 1.79. The molecule has 1 heterocycles. The first-order valence-electron chi connectivity index (χ1n) is 4.30. The van der Waals surface area contributed by atoms with Crippen LogP contribution in [0.2, 0.25) is 0 Å². The zero-order chi connectivity index (χ0) is 10.6. The maximum atomic E-state index is 11.0. The summed E-state index contributed by atoms with van der Waals surface area (Å²) in [5.74, 6) is -0.283. The number of aromatic nitrogens is 3. The molecule has 1 atom stereocenters. The number of esters is 1. The number of ether oxygens (including phenoxy) is 1. The molecule has 0 amide bonds. The second-order valence-corrected chi connectivity index (χ2v) is 3.01. The van der Waals surface area contributed by atoms with Gasteiger partial charge in [0.25, 0.3) is 0 Å². The zero-order valence-corrected chi connectivity index (χ0v) is 8.52. The van der Waals surface area contributed by atoms with Gasteiger partial charge in [-0.3, -0.25) is 14.8 Å². The van der Waals surface area contributed by atoms with E-state index in [2.05, 4.69) is 20.4 Å². The topological polar surface area (TPSA) is 69.0 Å². The molecule has 0 bridgehead atoms. The molecule has 1 unspecified atom stereocenters. The summed E-state index contributed by atoms with van der Waals surface area (Å²) in [6.07, 6.45) is 1.79. The van der Waals surface area contributed by atoms with Crippen LogP contribution in [0.4, 0.5) is 0 Å². The number of methoxy groups -OCH3 is 1. The Bertz CT molecular complexity index is 310. The van der Waals surface area contributed by atoms with Gasteiger partial charge in [-0.15, -0.1) is 5.10 Å². The Morgan fingerprint density at radius 1 is 1.79 bits per heavy atom. The Kier molecular flexibility index (Phi) is 3.58. The summed E-state index contributed by atoms with van der Waals surface area (Å²) in [7, 11) is 3.16. The lowest BCUT2D eigenvalue weighted by Gasteiger charge is -2.09. The minimum absolute atomic E-state index is 0.283. The molecule has 1 aromatic heterocycles. The van der Waals surface area contributed by atoms with Crippen molar-refractivity contribution in [1.29, 1.82) is 0 Å². The molecule has 0 fully saturated rings. The van der Waals surface area contributed by atoms with Gasteiger partial charge in [-0.25, -0.2) is 0 Å². The molecule has 0 aliphatic rings. The zero-order valence-electron chi connectivity index (χ0n) is 8.52. The van der Waals surface area contributed by atoms with Gasteiger partial charge in [0.1, 0.15) is 6.04 Å². The minimum atomic E-state index is -0.331. The molecule has 1 aromatic rings. The van der Waals surface area contributed by atoms with Gasteiger partial charge in [0, 0.05) is 19.8 Å². The number of rotatable bonds is 4. The van der Waals surface area contributed by atoms with E-state index in [1.807, 2.05) is 0 Å². The maximum absolute atomic E-state index is 11.0. The van der Waals surface area contributed by atoms with Gasteiger partial charge in [-0.1, -0.05) is 5.21 Å². The smallest absolute Gasteiger partial charge is 0.322 e. The molecule has 0 spiro atoms. The van der Waals surface area contributed by atoms with Crippen molar-refractivity contribution in [3.05, 3.63) is 11.9 Å². The molecule has 6 heteroatoms. The number of carbonyl (C=O) groups excluding carboxylic acids is 1. The van der Waals surface area contributed by atoms with Crippen molar-refractivity contribution >= 4 is 5.97 Å². The van der Waals surface area contributed by atoms with Gasteiger partial charge in [0.15, 0.2) is 0 Å². The number of carbonyl (C=O) groups is 1. The first-order valence-corrected chi connectivity index (χ1v) is 4.30. The lowest BCUT2D eigenvalue weighted by atomic mass is 10.3. The Morgan fingerprint density at radius 2 is 2.50 bits per heavy atom. The van der Waals surface area contributed by atoms with Crippen LogP contribution in [-0.4, -0.2) is 34.1 Å². The highest BCUT2D eigenvalue weighted by atomic mass is 16.5. The molecule has 6 nitrogen and oxygen atoms in total. The second-order valence-electron chi connectivity index (χ2n) is 3.01. The summed E-state index contributed by atoms with van der Waals surface area (Å²) in [6.45, 7) is 2.24. The molecule has 0 aliphatic heterocycles. The van der Waals surface area contributed by atoms with E-state index in [0.717, 1.165) is 5.69 Å². The molecule has 0 saturated carbocycles. The number of hydrogen-bond donors (Lipinski definition) is 1. The first-order chi connectivity index (χ1) is 6.63. The molecule has 78 valence electrons. The van der Waals surface area contributed by atoms with Gasteiger partial charge < -0.3 is 4.74 Å². The number of aryl methyl sites for hydroxylation is 1. The lowest BCUT2D eigenvalue weighted by Crippen LogP contribution is -2.34. The normalized spacial score (nSPS) is 12.5. The number of hydrogen-bond acceptors (Lipinski definition) is 5. The fourth-order valence-corrected chi connectivity index (χ4v) is 0.994. The largest absolute Gasteiger partial charge is 0.468 e. The van der Waals surface area contributed by atoms with Gasteiger partial charge in [0.2, 0.25) is 0 Å². The highest BCUT2D eigenvalue weighted by molar-refractivity contribution is 5.74. The van der Waals surface area contributed by atoms with Crippen LogP contribution in [0.5, 0.6) is 0 Å². The quantitative estimate of drug-likeness (QED) is 0.658. The average Bonchev–Trinajstić information content (AvgIpc) is 2.59. The summed E-state index contributed by atoms with van der Waals surface area (Å²) in [6, 6.07) is -0.331. The van der Waals surface area contributed by atoms with Crippen LogP contribution in [0.25, 0.3) is 0 Å². The molecule has 1 rings (SSSR count). The Morgan fingerprint density at radius 3 is 3.00 bits per heavy atom. The SMILES string of the molecule is COC(=O)C(C)NCc1cn(C)nn1. The Labute approximate surface area is 82.2 Å². The second kappa shape index (κ2) is 4.71. The minimum Gasteiger partial charge on any atom is -0.468 e. The fraction of sp³-hybridized carbons (Fsp3) is 0.625. The van der Waals surface area contributed by atoms with Gasteiger partial charge in [-0.05, 0) is 6.92 Å². The van der Waals surface area contributed by atoms with Crippen LogP contribution in [-0.2, 0) is 23.1 Å². The van der Waals surface area contributed by atoms with E-state index in [1.165, 1.54) is 7.11 Å². The predicted octanol–water partition coefficient (Wildman–Crippen LogP) is -0.534. The Balaban J connectivity index is 2.37. The average molecular weight is 198 g/mol. The maximum Gasteiger partial charge on any atom is 0.322 e. The number of nitrogens with zero attached hydrogens (tertiary/aromatic N) is 3. The summed E-state index contributed by atoms with van der Waals surface area (Å²) in [5, 5.41) is 10.6. The van der Waals surface area contributed by atoms with E-state index < -0.39 is 0 Å². The van der Waals surface area contributed by atoms with Crippen molar-refractivity contribution in [2.45, 2.75) is 19.5 Å². The molecule has 0 aromatic carbocycles. The third kappa shape index (κ3) is 2.81. The molecule has 0 saturated heterocycles. The van der Waals surface area contributed by atoms with Crippen LogP contribution in [0.1, 0.15) is 12.6 Å². The van der Waals surface area contributed by atoms with Crippen LogP contribution in [0, 0.1) is 0 Å². The molecular weight excluding hydrogens is 184 g/mol. The summed E-state index contributed by atoms with van der Waals surface area (Å²) in [5.41, 5.74) is 0.795. The van der Waals surface area contributed by atoms with Gasteiger partial charge in [0.05, 0.1) is 12.8 Å². The van der Waals surface area contributed by atoms with Crippen LogP contribution < -0.4 is 5.32 Å². The highest BCUT2D eigenvalue weighted by Crippen LogP contribution is 1.93. The molecule has 14 heavy (non-hydrogen) atoms. The molecule has 1 N–H and O–H groups in total. The summed E-state index contributed by atoms with van der Waals surface area (Å²) >= 11 is 0. The highest BCUT2D eigenvalue weighted by Gasteiger charge is 2.12. The standard InChI is InChI=1S/C8H14N4O2/c1-6(8(13)14-3)9-4-7-5-12(2)11-10-7/h5-6,9H,4H2,1-3H3. The number of nitrogens with one attached hydrogen (secondary N) is 1. The van der Waals surface area contributed by atoms with E-state index in [1.54, 1.807) is 24.9 Å². The van der Waals surface area contributed by atoms with Crippen molar-refractivity contribution in [2.24, 2.45) is 7.05 Å². The molecule has 0 aliphatic carbocycles. The molecular formula is C8H14N4O2. The van der Waals surface area contributed by atoms with E-state index >= 15 is 0 Å². The Hall–Kier alpha value is -1.43. The van der Waals surface area contributed by atoms with Crippen molar-refractivity contribution in [3.8, 4) is 0 Å². The van der Waals surface area contributed by atoms with E-state index in [4.69, 9.17) is 0 Å². The molecule has 0 radical (unpaired) electrons. The van der Waals surface area contributed by atoms with E-state index in [9.17, 15) is 4.79 Å². The predicted molar refractivity (Wildman–Crippen MR) is 49.3 cm³/mol. The summed E-state index contributed by atoms with van der Waals surface area (Å²) < 4.78 is 6.17. The van der Waals surface area contributed by atoms with E-state index in [0.29, 0.717) is 6.54 Å². The summed E-state index contributed by atoms with van der Waals surface area (Å²) in [4.78, 5) is 11.0. The monoisotopic (exact) mass is 198 g/mol. The van der Waals surface area contributed by atoms with Crippen molar-refractivity contribution < 1.29 is 9.53 Å². The van der Waals surface area contributed by atoms with E-state index in [-0.39, 0.29) is 12.0 Å². The van der Waals surface area contributed by atoms with Gasteiger partial charge in [-0.2, -0.15) is 0 Å². The van der Waals surface area contributed by atoms with Crippen LogP contribution in [0.3, 0.4) is 0 Å². The van der Waals surface area contributed by atoms with Crippen molar-refractivity contribution in [2.75, 3.05) is 7.11 Å². The van der Waals surface area contributed by atoms with Crippen molar-refractivity contribution in [1.82, 2.24) is 20.3 Å². The third-order valence-electron chi connectivity index (χ3n) is 1.79. The lowest BCUT2D eigenvalue weighted by molar-refractivity contribution is -0.142. The first kappa shape index (κ1) is 10.6.